The molecule has 0 fully saturated rings. The zero-order chi connectivity index (χ0) is 12.3. The number of pyridine rings is 1. The molecule has 0 saturated carbocycles. The summed E-state index contributed by atoms with van der Waals surface area (Å²) in [6, 6.07) is 3.53. The van der Waals surface area contributed by atoms with Crippen LogP contribution >= 0.6 is 11.3 Å². The summed E-state index contributed by atoms with van der Waals surface area (Å²) >= 11 is 1.62. The molecular formula is C12H13N3OS. The van der Waals surface area contributed by atoms with Crippen molar-refractivity contribution in [3.63, 3.8) is 0 Å². The van der Waals surface area contributed by atoms with Crippen LogP contribution in [-0.2, 0) is 6.54 Å². The molecule has 0 aliphatic carbocycles. The number of aldehydes is 1. The van der Waals surface area contributed by atoms with E-state index in [2.05, 4.69) is 9.97 Å². The molecule has 0 spiro atoms. The number of thiazole rings is 1. The minimum Gasteiger partial charge on any atom is -0.354 e. The van der Waals surface area contributed by atoms with E-state index in [-0.39, 0.29) is 0 Å². The molecule has 0 bridgehead atoms. The number of aryl methyl sites for hydroxylation is 1. The van der Waals surface area contributed by atoms with E-state index in [9.17, 15) is 4.79 Å². The summed E-state index contributed by atoms with van der Waals surface area (Å²) < 4.78 is 0. The summed E-state index contributed by atoms with van der Waals surface area (Å²) in [6.45, 7) is 2.70. The van der Waals surface area contributed by atoms with Gasteiger partial charge in [-0.25, -0.2) is 9.97 Å². The van der Waals surface area contributed by atoms with Crippen molar-refractivity contribution in [1.82, 2.24) is 9.97 Å². The van der Waals surface area contributed by atoms with E-state index in [1.807, 2.05) is 24.4 Å². The first-order valence-electron chi connectivity index (χ1n) is 5.22. The molecule has 2 aromatic heterocycles. The van der Waals surface area contributed by atoms with Crippen LogP contribution < -0.4 is 4.90 Å². The van der Waals surface area contributed by atoms with Crippen LogP contribution in [0.5, 0.6) is 0 Å². The lowest BCUT2D eigenvalue weighted by atomic mass is 10.2. The average Bonchev–Trinajstić information content (AvgIpc) is 2.75. The maximum Gasteiger partial charge on any atom is 0.153 e. The van der Waals surface area contributed by atoms with Gasteiger partial charge in [0.15, 0.2) is 6.29 Å². The van der Waals surface area contributed by atoms with Gasteiger partial charge >= 0.3 is 0 Å². The molecule has 0 unspecified atom stereocenters. The highest BCUT2D eigenvalue weighted by molar-refractivity contribution is 7.09. The Morgan fingerprint density at radius 2 is 2.29 bits per heavy atom. The molecule has 0 saturated heterocycles. The van der Waals surface area contributed by atoms with Gasteiger partial charge in [-0.3, -0.25) is 4.79 Å². The molecule has 5 heteroatoms. The highest BCUT2D eigenvalue weighted by atomic mass is 32.1. The third-order valence-electron chi connectivity index (χ3n) is 2.53. The van der Waals surface area contributed by atoms with Crippen LogP contribution in [-0.4, -0.2) is 23.3 Å². The number of aromatic nitrogens is 2. The van der Waals surface area contributed by atoms with Crippen molar-refractivity contribution >= 4 is 23.4 Å². The summed E-state index contributed by atoms with van der Waals surface area (Å²) in [5.74, 6) is 0.704. The SMILES string of the molecule is Cc1ncsc1CN(C)c1ncccc1C=O. The summed E-state index contributed by atoms with van der Waals surface area (Å²) in [5, 5.41) is 0. The van der Waals surface area contributed by atoms with Crippen molar-refractivity contribution in [2.24, 2.45) is 0 Å². The normalized spacial score (nSPS) is 10.2. The molecule has 0 atom stereocenters. The van der Waals surface area contributed by atoms with E-state index < -0.39 is 0 Å². The van der Waals surface area contributed by atoms with Crippen LogP contribution in [0.15, 0.2) is 23.8 Å². The number of rotatable bonds is 4. The number of hydrogen-bond donors (Lipinski definition) is 0. The zero-order valence-electron chi connectivity index (χ0n) is 9.75. The number of nitrogens with zero attached hydrogens (tertiary/aromatic N) is 3. The van der Waals surface area contributed by atoms with Crippen molar-refractivity contribution in [3.8, 4) is 0 Å². The first-order chi connectivity index (χ1) is 8.22. The number of carbonyl (C=O) groups is 1. The first kappa shape index (κ1) is 11.7. The molecule has 0 radical (unpaired) electrons. The van der Waals surface area contributed by atoms with Crippen LogP contribution in [0, 0.1) is 6.92 Å². The van der Waals surface area contributed by atoms with Gasteiger partial charge in [0.1, 0.15) is 5.82 Å². The number of hydrogen-bond acceptors (Lipinski definition) is 5. The molecule has 0 aromatic carbocycles. The van der Waals surface area contributed by atoms with Crippen LogP contribution in [0.3, 0.4) is 0 Å². The molecule has 4 nitrogen and oxygen atoms in total. The molecule has 0 aliphatic heterocycles. The van der Waals surface area contributed by atoms with E-state index in [0.29, 0.717) is 17.9 Å². The second-order valence-corrected chi connectivity index (χ2v) is 4.69. The van der Waals surface area contributed by atoms with E-state index in [1.54, 1.807) is 29.7 Å². The molecule has 2 aromatic rings. The van der Waals surface area contributed by atoms with Gasteiger partial charge in [0, 0.05) is 18.1 Å². The summed E-state index contributed by atoms with van der Waals surface area (Å²) in [6.07, 6.45) is 2.52. The lowest BCUT2D eigenvalue weighted by molar-refractivity contribution is 0.112. The Labute approximate surface area is 104 Å². The van der Waals surface area contributed by atoms with Gasteiger partial charge in [-0.1, -0.05) is 0 Å². The Morgan fingerprint density at radius 3 is 2.94 bits per heavy atom. The Kier molecular flexibility index (Phi) is 3.49. The number of anilines is 1. The highest BCUT2D eigenvalue weighted by Crippen LogP contribution is 2.19. The topological polar surface area (TPSA) is 46.1 Å². The monoisotopic (exact) mass is 247 g/mol. The van der Waals surface area contributed by atoms with Gasteiger partial charge in [0.25, 0.3) is 0 Å². The zero-order valence-corrected chi connectivity index (χ0v) is 10.6. The Hall–Kier alpha value is -1.75. The lowest BCUT2D eigenvalue weighted by Gasteiger charge is -2.18. The number of carbonyl (C=O) groups excluding carboxylic acids is 1. The minimum atomic E-state index is 0.608. The van der Waals surface area contributed by atoms with Crippen LogP contribution in [0.2, 0.25) is 0 Å². The quantitative estimate of drug-likeness (QED) is 0.778. The highest BCUT2D eigenvalue weighted by Gasteiger charge is 2.10. The van der Waals surface area contributed by atoms with E-state index >= 15 is 0 Å². The molecule has 2 rings (SSSR count). The van der Waals surface area contributed by atoms with Gasteiger partial charge in [-0.15, -0.1) is 11.3 Å². The van der Waals surface area contributed by atoms with Gasteiger partial charge in [0.05, 0.1) is 23.3 Å². The maximum absolute atomic E-state index is 10.9. The predicted octanol–water partition coefficient (Wildman–Crippen LogP) is 2.30. The fraction of sp³-hybridized carbons (Fsp3) is 0.250. The molecular weight excluding hydrogens is 234 g/mol. The van der Waals surface area contributed by atoms with Crippen LogP contribution in [0.4, 0.5) is 5.82 Å². The summed E-state index contributed by atoms with van der Waals surface area (Å²) in [5.41, 5.74) is 3.47. The maximum atomic E-state index is 10.9. The second-order valence-electron chi connectivity index (χ2n) is 3.75. The summed E-state index contributed by atoms with van der Waals surface area (Å²) in [7, 11) is 1.93. The molecule has 0 amide bonds. The standard InChI is InChI=1S/C12H13N3OS/c1-9-11(17-8-14-9)6-15(2)12-10(7-16)4-3-5-13-12/h3-5,7-8H,6H2,1-2H3. The molecule has 17 heavy (non-hydrogen) atoms. The minimum absolute atomic E-state index is 0.608. The molecule has 0 N–H and O–H groups in total. The Balaban J connectivity index is 2.23. The molecule has 88 valence electrons. The Bertz CT molecular complexity index is 524. The molecule has 2 heterocycles. The van der Waals surface area contributed by atoms with E-state index in [4.69, 9.17) is 0 Å². The largest absolute Gasteiger partial charge is 0.354 e. The van der Waals surface area contributed by atoms with Crippen molar-refractivity contribution < 1.29 is 4.79 Å². The fourth-order valence-electron chi connectivity index (χ4n) is 1.59. The molecule has 0 aliphatic rings. The van der Waals surface area contributed by atoms with Gasteiger partial charge < -0.3 is 4.90 Å². The van der Waals surface area contributed by atoms with Crippen molar-refractivity contribution in [1.29, 1.82) is 0 Å². The van der Waals surface area contributed by atoms with E-state index in [1.165, 1.54) is 4.88 Å². The first-order valence-corrected chi connectivity index (χ1v) is 6.10. The summed E-state index contributed by atoms with van der Waals surface area (Å²) in [4.78, 5) is 22.5. The van der Waals surface area contributed by atoms with E-state index in [0.717, 1.165) is 12.0 Å². The average molecular weight is 247 g/mol. The lowest BCUT2D eigenvalue weighted by Crippen LogP contribution is -2.19. The van der Waals surface area contributed by atoms with Gasteiger partial charge in [0.2, 0.25) is 0 Å². The van der Waals surface area contributed by atoms with Crippen LogP contribution in [0.25, 0.3) is 0 Å². The van der Waals surface area contributed by atoms with Crippen LogP contribution in [0.1, 0.15) is 20.9 Å². The van der Waals surface area contributed by atoms with Crippen molar-refractivity contribution in [2.45, 2.75) is 13.5 Å². The van der Waals surface area contributed by atoms with Crippen molar-refractivity contribution in [2.75, 3.05) is 11.9 Å². The third-order valence-corrected chi connectivity index (χ3v) is 3.45. The van der Waals surface area contributed by atoms with Gasteiger partial charge in [-0.2, -0.15) is 0 Å². The smallest absolute Gasteiger partial charge is 0.153 e. The predicted molar refractivity (Wildman–Crippen MR) is 68.6 cm³/mol. The second kappa shape index (κ2) is 5.05. The fourth-order valence-corrected chi connectivity index (χ4v) is 2.42. The van der Waals surface area contributed by atoms with Gasteiger partial charge in [-0.05, 0) is 19.1 Å². The van der Waals surface area contributed by atoms with Crippen molar-refractivity contribution in [3.05, 3.63) is 40.0 Å². The third kappa shape index (κ3) is 2.50. The Morgan fingerprint density at radius 1 is 1.47 bits per heavy atom.